The van der Waals surface area contributed by atoms with Crippen molar-refractivity contribution in [1.82, 2.24) is 15.5 Å². The second kappa shape index (κ2) is 11.9. The van der Waals surface area contributed by atoms with Crippen LogP contribution in [0.25, 0.3) is 11.1 Å². The predicted molar refractivity (Wildman–Crippen MR) is 115 cm³/mol. The van der Waals surface area contributed by atoms with Gasteiger partial charge in [-0.3, -0.25) is 14.5 Å². The van der Waals surface area contributed by atoms with Crippen molar-refractivity contribution >= 4 is 11.8 Å². The molecule has 0 spiro atoms. The molecule has 7 heteroatoms. The van der Waals surface area contributed by atoms with E-state index in [1.807, 2.05) is 42.5 Å². The van der Waals surface area contributed by atoms with Gasteiger partial charge < -0.3 is 20.1 Å². The molecule has 2 amide bonds. The van der Waals surface area contributed by atoms with Crippen LogP contribution in [0.4, 0.5) is 0 Å². The van der Waals surface area contributed by atoms with Gasteiger partial charge in [-0.2, -0.15) is 0 Å². The predicted octanol–water partition coefficient (Wildman–Crippen LogP) is 1.69. The number of ether oxygens (including phenoxy) is 2. The second-order valence-corrected chi connectivity index (χ2v) is 7.06. The minimum absolute atomic E-state index is 0.264. The van der Waals surface area contributed by atoms with Crippen LogP contribution in [0.5, 0.6) is 5.75 Å². The molecule has 1 heterocycles. The summed E-state index contributed by atoms with van der Waals surface area (Å²) < 4.78 is 10.9. The average molecular weight is 412 g/mol. The number of benzene rings is 2. The number of amides is 2. The monoisotopic (exact) mass is 411 g/mol. The van der Waals surface area contributed by atoms with Crippen LogP contribution < -0.4 is 15.4 Å². The maximum Gasteiger partial charge on any atom is 0.309 e. The lowest BCUT2D eigenvalue weighted by Gasteiger charge is -2.26. The van der Waals surface area contributed by atoms with Crippen LogP contribution in [0.2, 0.25) is 0 Å². The summed E-state index contributed by atoms with van der Waals surface area (Å²) in [5.41, 5.74) is 2.26. The molecule has 0 aliphatic carbocycles. The van der Waals surface area contributed by atoms with Crippen LogP contribution in [-0.4, -0.2) is 69.3 Å². The topological polar surface area (TPSA) is 79.9 Å². The first-order valence-electron chi connectivity index (χ1n) is 10.4. The van der Waals surface area contributed by atoms with Crippen molar-refractivity contribution in [3.63, 3.8) is 0 Å². The maximum absolute atomic E-state index is 11.8. The summed E-state index contributed by atoms with van der Waals surface area (Å²) in [6.45, 7) is 5.28. The molecule has 2 aromatic rings. The molecule has 0 radical (unpaired) electrons. The Kier molecular flexibility index (Phi) is 8.68. The smallest absolute Gasteiger partial charge is 0.309 e. The summed E-state index contributed by atoms with van der Waals surface area (Å²) in [5.74, 6) is -0.523. The second-order valence-electron chi connectivity index (χ2n) is 7.06. The first kappa shape index (κ1) is 21.8. The van der Waals surface area contributed by atoms with E-state index in [2.05, 4.69) is 27.7 Å². The largest absolute Gasteiger partial charge is 0.492 e. The summed E-state index contributed by atoms with van der Waals surface area (Å²) in [5, 5.41) is 5.23. The van der Waals surface area contributed by atoms with Gasteiger partial charge in [-0.1, -0.05) is 42.5 Å². The van der Waals surface area contributed by atoms with E-state index in [0.717, 1.165) is 56.1 Å². The minimum atomic E-state index is -0.635. The van der Waals surface area contributed by atoms with E-state index < -0.39 is 11.8 Å². The van der Waals surface area contributed by atoms with Crippen LogP contribution in [0, 0.1) is 0 Å². The SMILES string of the molecule is O=C(NCCCN1CCOCC1)C(=O)NCCOc1ccc(-c2ccccc2)cc1. The van der Waals surface area contributed by atoms with Crippen LogP contribution in [0.3, 0.4) is 0 Å². The highest BCUT2D eigenvalue weighted by molar-refractivity contribution is 6.35. The summed E-state index contributed by atoms with van der Waals surface area (Å²) in [6, 6.07) is 17.9. The van der Waals surface area contributed by atoms with Crippen LogP contribution in [-0.2, 0) is 14.3 Å². The average Bonchev–Trinajstić information content (AvgIpc) is 2.81. The van der Waals surface area contributed by atoms with Crippen molar-refractivity contribution < 1.29 is 19.1 Å². The quantitative estimate of drug-likeness (QED) is 0.485. The Morgan fingerprint density at radius 2 is 1.50 bits per heavy atom. The number of nitrogens with one attached hydrogen (secondary N) is 2. The lowest BCUT2D eigenvalue weighted by Crippen LogP contribution is -2.42. The van der Waals surface area contributed by atoms with Gasteiger partial charge in [-0.25, -0.2) is 0 Å². The molecule has 0 aromatic heterocycles. The zero-order valence-corrected chi connectivity index (χ0v) is 17.1. The Morgan fingerprint density at radius 3 is 2.20 bits per heavy atom. The molecule has 2 N–H and O–H groups in total. The molecule has 2 aromatic carbocycles. The number of hydrogen-bond donors (Lipinski definition) is 2. The Morgan fingerprint density at radius 1 is 0.867 bits per heavy atom. The zero-order valence-electron chi connectivity index (χ0n) is 17.1. The molecule has 160 valence electrons. The van der Waals surface area contributed by atoms with E-state index in [1.54, 1.807) is 0 Å². The number of morpholine rings is 1. The fourth-order valence-electron chi connectivity index (χ4n) is 3.20. The molecule has 7 nitrogen and oxygen atoms in total. The number of hydrogen-bond acceptors (Lipinski definition) is 5. The fourth-order valence-corrected chi connectivity index (χ4v) is 3.20. The van der Waals surface area contributed by atoms with Crippen molar-refractivity contribution in [3.05, 3.63) is 54.6 Å². The summed E-state index contributed by atoms with van der Waals surface area (Å²) >= 11 is 0. The third kappa shape index (κ3) is 7.17. The van der Waals surface area contributed by atoms with Crippen molar-refractivity contribution in [2.75, 3.05) is 52.5 Å². The Hall–Kier alpha value is -2.90. The van der Waals surface area contributed by atoms with Gasteiger partial charge in [0, 0.05) is 19.6 Å². The van der Waals surface area contributed by atoms with E-state index in [9.17, 15) is 9.59 Å². The number of nitrogens with zero attached hydrogens (tertiary/aromatic N) is 1. The zero-order chi connectivity index (χ0) is 21.0. The molecule has 0 bridgehead atoms. The molecule has 0 unspecified atom stereocenters. The molecule has 1 aliphatic rings. The Balaban J connectivity index is 1.27. The number of rotatable bonds is 9. The molecule has 0 atom stereocenters. The molecule has 1 aliphatic heterocycles. The first-order valence-corrected chi connectivity index (χ1v) is 10.4. The van der Waals surface area contributed by atoms with E-state index in [4.69, 9.17) is 9.47 Å². The normalized spacial score (nSPS) is 14.1. The van der Waals surface area contributed by atoms with Crippen LogP contribution in [0.1, 0.15) is 6.42 Å². The van der Waals surface area contributed by atoms with Gasteiger partial charge in [-0.15, -0.1) is 0 Å². The molecule has 1 fully saturated rings. The van der Waals surface area contributed by atoms with Crippen molar-refractivity contribution in [2.45, 2.75) is 6.42 Å². The third-order valence-electron chi connectivity index (χ3n) is 4.86. The Bertz CT molecular complexity index is 790. The summed E-state index contributed by atoms with van der Waals surface area (Å²) in [6.07, 6.45) is 0.807. The molecule has 0 saturated carbocycles. The maximum atomic E-state index is 11.8. The molecule has 30 heavy (non-hydrogen) atoms. The van der Waals surface area contributed by atoms with Crippen LogP contribution in [0.15, 0.2) is 54.6 Å². The third-order valence-corrected chi connectivity index (χ3v) is 4.86. The van der Waals surface area contributed by atoms with E-state index in [0.29, 0.717) is 13.2 Å². The lowest BCUT2D eigenvalue weighted by molar-refractivity contribution is -0.139. The van der Waals surface area contributed by atoms with Crippen molar-refractivity contribution in [3.8, 4) is 16.9 Å². The summed E-state index contributed by atoms with van der Waals surface area (Å²) in [7, 11) is 0. The van der Waals surface area contributed by atoms with Gasteiger partial charge in [0.05, 0.1) is 19.8 Å². The van der Waals surface area contributed by atoms with Gasteiger partial charge in [0.15, 0.2) is 0 Å². The van der Waals surface area contributed by atoms with Gasteiger partial charge in [0.2, 0.25) is 0 Å². The van der Waals surface area contributed by atoms with E-state index in [-0.39, 0.29) is 6.54 Å². The highest BCUT2D eigenvalue weighted by Gasteiger charge is 2.13. The van der Waals surface area contributed by atoms with Crippen molar-refractivity contribution in [1.29, 1.82) is 0 Å². The van der Waals surface area contributed by atoms with Gasteiger partial charge in [-0.05, 0) is 36.2 Å². The lowest BCUT2D eigenvalue weighted by atomic mass is 10.1. The minimum Gasteiger partial charge on any atom is -0.492 e. The van der Waals surface area contributed by atoms with Gasteiger partial charge in [0.1, 0.15) is 12.4 Å². The number of carbonyl (C=O) groups excluding carboxylic acids is 2. The fraction of sp³-hybridized carbons (Fsp3) is 0.391. The van der Waals surface area contributed by atoms with Gasteiger partial charge in [0.25, 0.3) is 0 Å². The highest BCUT2D eigenvalue weighted by Crippen LogP contribution is 2.21. The molecule has 3 rings (SSSR count). The Labute approximate surface area is 177 Å². The highest BCUT2D eigenvalue weighted by atomic mass is 16.5. The molecular formula is C23H29N3O4. The molecule has 1 saturated heterocycles. The van der Waals surface area contributed by atoms with E-state index >= 15 is 0 Å². The van der Waals surface area contributed by atoms with Crippen LogP contribution >= 0.6 is 0 Å². The van der Waals surface area contributed by atoms with E-state index in [1.165, 1.54) is 0 Å². The van der Waals surface area contributed by atoms with Crippen molar-refractivity contribution in [2.24, 2.45) is 0 Å². The first-order chi connectivity index (χ1) is 14.7. The number of carbonyl (C=O) groups is 2. The standard InChI is InChI=1S/C23H29N3O4/c27-22(24-11-4-13-26-14-17-29-18-15-26)23(28)25-12-16-30-21-9-7-20(8-10-21)19-5-2-1-3-6-19/h1-3,5-10H,4,11-18H2,(H,24,27)(H,25,28). The van der Waals surface area contributed by atoms with Gasteiger partial charge >= 0.3 is 11.8 Å². The molecular weight excluding hydrogens is 382 g/mol. The summed E-state index contributed by atoms with van der Waals surface area (Å²) in [4.78, 5) is 26.0.